The Bertz CT molecular complexity index is 532. The summed E-state index contributed by atoms with van der Waals surface area (Å²) in [5.41, 5.74) is -0.217. The Balaban J connectivity index is 1.57. The molecule has 2 aliphatic rings. The highest BCUT2D eigenvalue weighted by atomic mass is 19.1. The van der Waals surface area contributed by atoms with Crippen molar-refractivity contribution in [2.75, 3.05) is 25.0 Å². The third-order valence-electron chi connectivity index (χ3n) is 4.15. The molecule has 1 aromatic heterocycles. The summed E-state index contributed by atoms with van der Waals surface area (Å²) >= 11 is 0. The molecule has 2 saturated heterocycles. The van der Waals surface area contributed by atoms with Crippen molar-refractivity contribution in [1.29, 1.82) is 0 Å². The van der Waals surface area contributed by atoms with Crippen molar-refractivity contribution >= 4 is 11.7 Å². The summed E-state index contributed by atoms with van der Waals surface area (Å²) in [5, 5.41) is 12.1. The number of nitrogens with zero attached hydrogens (tertiary/aromatic N) is 2. The molecule has 114 valence electrons. The summed E-state index contributed by atoms with van der Waals surface area (Å²) in [5.74, 6) is -0.693. The van der Waals surface area contributed by atoms with E-state index in [1.165, 1.54) is 12.3 Å². The number of urea groups is 1. The zero-order valence-electron chi connectivity index (χ0n) is 11.6. The molecule has 0 aromatic carbocycles. The predicted molar refractivity (Wildman–Crippen MR) is 73.3 cm³/mol. The zero-order chi connectivity index (χ0) is 14.9. The standard InChI is InChI=1S/C14H18FN3O3/c15-12-11(2-1-5-16-12)17-13(20)18-6-3-14(4-7-18)8-10(19)9-21-14/h1-2,5,10,19H,3-4,6-9H2,(H,17,20)/t10-/m1/s1. The Morgan fingerprint density at radius 3 is 2.90 bits per heavy atom. The topological polar surface area (TPSA) is 74.7 Å². The fraction of sp³-hybridized carbons (Fsp3) is 0.571. The van der Waals surface area contributed by atoms with Crippen LogP contribution in [0.1, 0.15) is 19.3 Å². The van der Waals surface area contributed by atoms with E-state index in [9.17, 15) is 14.3 Å². The lowest BCUT2D eigenvalue weighted by Gasteiger charge is -2.38. The number of rotatable bonds is 1. The molecule has 0 bridgehead atoms. The van der Waals surface area contributed by atoms with Gasteiger partial charge in [-0.1, -0.05) is 0 Å². The van der Waals surface area contributed by atoms with Gasteiger partial charge in [0.1, 0.15) is 0 Å². The van der Waals surface area contributed by atoms with Crippen molar-refractivity contribution in [2.45, 2.75) is 31.0 Å². The van der Waals surface area contributed by atoms with E-state index in [1.807, 2.05) is 0 Å². The van der Waals surface area contributed by atoms with Gasteiger partial charge in [0.05, 0.1) is 24.0 Å². The number of halogens is 1. The second-order valence-electron chi connectivity index (χ2n) is 5.61. The number of pyridine rings is 1. The molecule has 2 aliphatic heterocycles. The summed E-state index contributed by atoms with van der Waals surface area (Å²) in [6, 6.07) is 2.70. The second-order valence-corrected chi connectivity index (χ2v) is 5.61. The van der Waals surface area contributed by atoms with E-state index in [0.717, 1.165) is 0 Å². The smallest absolute Gasteiger partial charge is 0.321 e. The minimum Gasteiger partial charge on any atom is -0.391 e. The number of carbonyl (C=O) groups excluding carboxylic acids is 1. The summed E-state index contributed by atoms with van der Waals surface area (Å²) < 4.78 is 19.1. The lowest BCUT2D eigenvalue weighted by molar-refractivity contribution is -0.0365. The van der Waals surface area contributed by atoms with Gasteiger partial charge in [-0.05, 0) is 25.0 Å². The first-order valence-electron chi connectivity index (χ1n) is 7.06. The van der Waals surface area contributed by atoms with Crippen LogP contribution in [0.25, 0.3) is 0 Å². The minimum atomic E-state index is -0.693. The second kappa shape index (κ2) is 5.57. The van der Waals surface area contributed by atoms with Gasteiger partial charge >= 0.3 is 6.03 Å². The third kappa shape index (κ3) is 2.98. The van der Waals surface area contributed by atoms with Crippen LogP contribution in [0, 0.1) is 5.95 Å². The van der Waals surface area contributed by atoms with Crippen molar-refractivity contribution in [3.63, 3.8) is 0 Å². The van der Waals surface area contributed by atoms with Crippen LogP contribution in [-0.2, 0) is 4.74 Å². The van der Waals surface area contributed by atoms with Gasteiger partial charge in [-0.15, -0.1) is 0 Å². The average molecular weight is 295 g/mol. The van der Waals surface area contributed by atoms with Gasteiger partial charge in [0.25, 0.3) is 0 Å². The first-order chi connectivity index (χ1) is 10.1. The molecule has 3 heterocycles. The van der Waals surface area contributed by atoms with Crippen LogP contribution >= 0.6 is 0 Å². The van der Waals surface area contributed by atoms with Gasteiger partial charge in [0, 0.05) is 25.7 Å². The highest BCUT2D eigenvalue weighted by molar-refractivity contribution is 5.89. The number of anilines is 1. The fourth-order valence-electron chi connectivity index (χ4n) is 2.96. The molecule has 2 N–H and O–H groups in total. The monoisotopic (exact) mass is 295 g/mol. The molecule has 2 amide bonds. The molecular formula is C14H18FN3O3. The van der Waals surface area contributed by atoms with E-state index < -0.39 is 12.1 Å². The number of aliphatic hydroxyl groups excluding tert-OH is 1. The van der Waals surface area contributed by atoms with Gasteiger partial charge in [-0.2, -0.15) is 4.39 Å². The van der Waals surface area contributed by atoms with Gasteiger partial charge in [0.2, 0.25) is 5.95 Å². The van der Waals surface area contributed by atoms with Crippen LogP contribution in [0.2, 0.25) is 0 Å². The molecule has 0 aliphatic carbocycles. The van der Waals surface area contributed by atoms with Crippen LogP contribution in [0.15, 0.2) is 18.3 Å². The number of aromatic nitrogens is 1. The summed E-state index contributed by atoms with van der Waals surface area (Å²) in [6.45, 7) is 1.42. The average Bonchev–Trinajstić information content (AvgIpc) is 2.83. The molecule has 0 radical (unpaired) electrons. The maximum atomic E-state index is 13.4. The van der Waals surface area contributed by atoms with Gasteiger partial charge in [-0.3, -0.25) is 0 Å². The molecule has 3 rings (SSSR count). The quantitative estimate of drug-likeness (QED) is 0.767. The number of nitrogens with one attached hydrogen (secondary N) is 1. The summed E-state index contributed by atoms with van der Waals surface area (Å²) in [7, 11) is 0. The predicted octanol–water partition coefficient (Wildman–Crippen LogP) is 1.37. The molecule has 7 heteroatoms. The van der Waals surface area contributed by atoms with E-state index >= 15 is 0 Å². The van der Waals surface area contributed by atoms with Crippen molar-refractivity contribution in [1.82, 2.24) is 9.88 Å². The Labute approximate surface area is 121 Å². The fourth-order valence-corrected chi connectivity index (χ4v) is 2.96. The molecule has 1 aromatic rings. The lowest BCUT2D eigenvalue weighted by Crippen LogP contribution is -2.48. The van der Waals surface area contributed by atoms with Crippen molar-refractivity contribution in [3.8, 4) is 0 Å². The third-order valence-corrected chi connectivity index (χ3v) is 4.15. The molecule has 1 spiro atoms. The summed E-state index contributed by atoms with van der Waals surface area (Å²) in [4.78, 5) is 17.2. The Morgan fingerprint density at radius 2 is 2.29 bits per heavy atom. The number of aliphatic hydroxyl groups is 1. The number of carbonyl (C=O) groups is 1. The number of likely N-dealkylation sites (tertiary alicyclic amines) is 1. The molecular weight excluding hydrogens is 277 g/mol. The van der Waals surface area contributed by atoms with Crippen molar-refractivity contribution in [2.24, 2.45) is 0 Å². The lowest BCUT2D eigenvalue weighted by atomic mass is 9.88. The molecule has 0 unspecified atom stereocenters. The maximum absolute atomic E-state index is 13.4. The largest absolute Gasteiger partial charge is 0.391 e. The van der Waals surface area contributed by atoms with E-state index in [0.29, 0.717) is 39.0 Å². The number of hydrogen-bond acceptors (Lipinski definition) is 4. The van der Waals surface area contributed by atoms with Crippen LogP contribution in [0.3, 0.4) is 0 Å². The first-order valence-corrected chi connectivity index (χ1v) is 7.06. The molecule has 0 saturated carbocycles. The van der Waals surface area contributed by atoms with Crippen LogP contribution in [0.4, 0.5) is 14.9 Å². The van der Waals surface area contributed by atoms with E-state index in [1.54, 1.807) is 11.0 Å². The molecule has 1 atom stereocenters. The number of ether oxygens (including phenoxy) is 1. The van der Waals surface area contributed by atoms with Gasteiger partial charge in [0.15, 0.2) is 0 Å². The Hall–Kier alpha value is -1.73. The minimum absolute atomic E-state index is 0.0790. The summed E-state index contributed by atoms with van der Waals surface area (Å²) in [6.07, 6.45) is 2.92. The van der Waals surface area contributed by atoms with Gasteiger partial charge in [-0.25, -0.2) is 9.78 Å². The first kappa shape index (κ1) is 14.2. The number of amides is 2. The SMILES string of the molecule is O=C(Nc1cccnc1F)N1CCC2(CC1)C[C@@H](O)CO2. The number of piperidine rings is 1. The molecule has 21 heavy (non-hydrogen) atoms. The highest BCUT2D eigenvalue weighted by Gasteiger charge is 2.42. The zero-order valence-corrected chi connectivity index (χ0v) is 11.6. The van der Waals surface area contributed by atoms with Crippen LogP contribution in [-0.4, -0.2) is 52.4 Å². The highest BCUT2D eigenvalue weighted by Crippen LogP contribution is 2.35. The van der Waals surface area contributed by atoms with Crippen LogP contribution in [0.5, 0.6) is 0 Å². The van der Waals surface area contributed by atoms with Crippen molar-refractivity contribution in [3.05, 3.63) is 24.3 Å². The van der Waals surface area contributed by atoms with Gasteiger partial charge < -0.3 is 20.1 Å². The Morgan fingerprint density at radius 1 is 1.52 bits per heavy atom. The maximum Gasteiger partial charge on any atom is 0.321 e. The Kier molecular flexibility index (Phi) is 3.77. The normalized spacial score (nSPS) is 24.3. The van der Waals surface area contributed by atoms with Crippen LogP contribution < -0.4 is 5.32 Å². The number of hydrogen-bond donors (Lipinski definition) is 2. The van der Waals surface area contributed by atoms with E-state index in [2.05, 4.69) is 10.3 Å². The molecule has 6 nitrogen and oxygen atoms in total. The van der Waals surface area contributed by atoms with E-state index in [4.69, 9.17) is 4.74 Å². The molecule has 2 fully saturated rings. The van der Waals surface area contributed by atoms with E-state index in [-0.39, 0.29) is 17.3 Å². The van der Waals surface area contributed by atoms with Crippen molar-refractivity contribution < 1.29 is 19.0 Å².